The van der Waals surface area contributed by atoms with E-state index in [0.29, 0.717) is 11.4 Å². The average Bonchev–Trinajstić information content (AvgIpc) is 3.35. The number of nitrogens with zero attached hydrogens (tertiary/aromatic N) is 3. The Hall–Kier alpha value is -3.64. The Morgan fingerprint density at radius 3 is 2.66 bits per heavy atom. The highest BCUT2D eigenvalue weighted by molar-refractivity contribution is 6.00. The Morgan fingerprint density at radius 2 is 1.88 bits per heavy atom. The van der Waals surface area contributed by atoms with E-state index in [1.807, 2.05) is 36.4 Å². The molecule has 5 rings (SSSR count). The number of pyridine rings is 1. The summed E-state index contributed by atoms with van der Waals surface area (Å²) in [5.41, 5.74) is 10.1. The minimum absolute atomic E-state index is 0.0571. The van der Waals surface area contributed by atoms with Gasteiger partial charge in [0.05, 0.1) is 6.26 Å². The van der Waals surface area contributed by atoms with Crippen molar-refractivity contribution in [1.29, 1.82) is 0 Å². The fourth-order valence-electron chi connectivity index (χ4n) is 4.16. The minimum atomic E-state index is -0.0571. The number of hydrogen-bond acceptors (Lipinski definition) is 6. The van der Waals surface area contributed by atoms with Gasteiger partial charge in [0.1, 0.15) is 11.5 Å². The van der Waals surface area contributed by atoms with Crippen LogP contribution in [0.15, 0.2) is 71.5 Å². The van der Waals surface area contributed by atoms with Crippen LogP contribution in [0, 0.1) is 0 Å². The van der Waals surface area contributed by atoms with Gasteiger partial charge in [-0.3, -0.25) is 9.78 Å². The molecule has 3 heterocycles. The van der Waals surface area contributed by atoms with Gasteiger partial charge in [-0.25, -0.2) is 0 Å². The topological polar surface area (TPSA) is 75.6 Å². The lowest BCUT2D eigenvalue weighted by Gasteiger charge is -2.34. The summed E-state index contributed by atoms with van der Waals surface area (Å²) in [6, 6.07) is 17.6. The van der Waals surface area contributed by atoms with Gasteiger partial charge in [0.25, 0.3) is 0 Å². The second-order valence-electron chi connectivity index (χ2n) is 8.38. The third-order valence-corrected chi connectivity index (χ3v) is 6.16. The number of aromatic nitrogens is 1. The molecular weight excluding hydrogens is 400 g/mol. The van der Waals surface area contributed by atoms with Crippen molar-refractivity contribution in [2.45, 2.75) is 6.42 Å². The van der Waals surface area contributed by atoms with Crippen LogP contribution in [0.2, 0.25) is 0 Å². The molecule has 32 heavy (non-hydrogen) atoms. The molecule has 0 bridgehead atoms. The fourth-order valence-corrected chi connectivity index (χ4v) is 4.16. The third kappa shape index (κ3) is 4.09. The molecule has 0 unspecified atom stereocenters. The number of Topliss-reactive ketones (excluding diaryl/α,β-unsaturated/α-hetero) is 1. The van der Waals surface area contributed by atoms with E-state index in [-0.39, 0.29) is 12.2 Å². The normalized spacial score (nSPS) is 14.7. The Kier molecular flexibility index (Phi) is 5.37. The quantitative estimate of drug-likeness (QED) is 0.380. The van der Waals surface area contributed by atoms with Crippen molar-refractivity contribution in [2.75, 3.05) is 43.9 Å². The number of benzene rings is 2. The molecule has 6 heteroatoms. The molecule has 162 valence electrons. The zero-order chi connectivity index (χ0) is 22.1. The van der Waals surface area contributed by atoms with Gasteiger partial charge in [-0.2, -0.15) is 0 Å². The van der Waals surface area contributed by atoms with E-state index in [9.17, 15) is 4.79 Å². The van der Waals surface area contributed by atoms with Crippen LogP contribution >= 0.6 is 0 Å². The van der Waals surface area contributed by atoms with Gasteiger partial charge in [-0.1, -0.05) is 6.07 Å². The molecule has 0 aliphatic carbocycles. The Morgan fingerprint density at radius 1 is 1.03 bits per heavy atom. The molecule has 0 spiro atoms. The van der Waals surface area contributed by atoms with Gasteiger partial charge in [0, 0.05) is 61.1 Å². The first-order chi connectivity index (χ1) is 15.6. The summed E-state index contributed by atoms with van der Waals surface area (Å²) in [6.45, 7) is 4.16. The second kappa shape index (κ2) is 8.48. The summed E-state index contributed by atoms with van der Waals surface area (Å²) >= 11 is 0. The molecule has 1 aliphatic rings. The van der Waals surface area contributed by atoms with Crippen molar-refractivity contribution >= 4 is 27.9 Å². The monoisotopic (exact) mass is 426 g/mol. The molecule has 2 aromatic heterocycles. The smallest absolute Gasteiger partial charge is 0.185 e. The zero-order valence-electron chi connectivity index (χ0n) is 18.1. The van der Waals surface area contributed by atoms with E-state index >= 15 is 0 Å². The molecule has 0 radical (unpaired) electrons. The average molecular weight is 427 g/mol. The van der Waals surface area contributed by atoms with E-state index in [1.165, 1.54) is 5.69 Å². The molecule has 2 aromatic carbocycles. The molecule has 1 saturated heterocycles. The number of carbonyl (C=O) groups is 1. The number of nitrogen functional groups attached to an aromatic ring is 1. The van der Waals surface area contributed by atoms with Crippen molar-refractivity contribution in [1.82, 2.24) is 9.88 Å². The first-order valence-electron chi connectivity index (χ1n) is 10.9. The number of fused-ring (bicyclic) bond motifs is 1. The number of furan rings is 1. The van der Waals surface area contributed by atoms with Crippen molar-refractivity contribution in [3.63, 3.8) is 0 Å². The number of nitrogens with two attached hydrogens (primary N) is 1. The maximum absolute atomic E-state index is 13.0. The van der Waals surface area contributed by atoms with E-state index < -0.39 is 0 Å². The summed E-state index contributed by atoms with van der Waals surface area (Å²) in [4.78, 5) is 22.2. The van der Waals surface area contributed by atoms with Crippen LogP contribution in [0.3, 0.4) is 0 Å². The van der Waals surface area contributed by atoms with E-state index in [2.05, 4.69) is 40.0 Å². The Bertz CT molecular complexity index is 1260. The first kappa shape index (κ1) is 20.3. The third-order valence-electron chi connectivity index (χ3n) is 6.16. The van der Waals surface area contributed by atoms with Crippen molar-refractivity contribution in [2.24, 2.45) is 0 Å². The summed E-state index contributed by atoms with van der Waals surface area (Å²) < 4.78 is 5.47. The van der Waals surface area contributed by atoms with Gasteiger partial charge in [-0.05, 0) is 66.5 Å². The van der Waals surface area contributed by atoms with Crippen LogP contribution in [0.5, 0.6) is 0 Å². The molecule has 4 aromatic rings. The van der Waals surface area contributed by atoms with E-state index in [4.69, 9.17) is 10.2 Å². The molecule has 1 aliphatic heterocycles. The maximum Gasteiger partial charge on any atom is 0.185 e. The van der Waals surface area contributed by atoms with E-state index in [0.717, 1.165) is 53.8 Å². The molecule has 0 amide bonds. The molecule has 0 atom stereocenters. The zero-order valence-corrected chi connectivity index (χ0v) is 18.1. The van der Waals surface area contributed by atoms with Crippen LogP contribution in [0.25, 0.3) is 22.1 Å². The highest BCUT2D eigenvalue weighted by Gasteiger charge is 2.16. The number of piperazine rings is 1. The van der Waals surface area contributed by atoms with Gasteiger partial charge in [0.15, 0.2) is 5.78 Å². The Labute approximate surface area is 187 Å². The minimum Gasteiger partial charge on any atom is -0.464 e. The summed E-state index contributed by atoms with van der Waals surface area (Å²) in [5.74, 6) is 0.692. The Balaban J connectivity index is 1.36. The number of ketones is 1. The number of anilines is 2. The van der Waals surface area contributed by atoms with Gasteiger partial charge >= 0.3 is 0 Å². The summed E-state index contributed by atoms with van der Waals surface area (Å²) in [6.07, 6.45) is 3.62. The molecule has 1 fully saturated rings. The van der Waals surface area contributed by atoms with Gasteiger partial charge in [0.2, 0.25) is 0 Å². The number of hydrogen-bond donors (Lipinski definition) is 1. The van der Waals surface area contributed by atoms with Crippen LogP contribution in [0.1, 0.15) is 16.1 Å². The van der Waals surface area contributed by atoms with Crippen molar-refractivity contribution in [3.05, 3.63) is 78.3 Å². The number of carbonyl (C=O) groups excluding carboxylic acids is 1. The summed E-state index contributed by atoms with van der Waals surface area (Å²) in [7, 11) is 2.15. The summed E-state index contributed by atoms with van der Waals surface area (Å²) in [5, 5.41) is 2.05. The largest absolute Gasteiger partial charge is 0.464 e. The predicted octanol–water partition coefficient (Wildman–Crippen LogP) is 4.25. The van der Waals surface area contributed by atoms with Crippen LogP contribution < -0.4 is 10.6 Å². The SMILES string of the molecule is CN1CCN(c2ccc3cc(C(=O)Cc4cc(-c5ccco5)ccc4N)ncc3c2)CC1. The lowest BCUT2D eigenvalue weighted by Crippen LogP contribution is -2.44. The standard InChI is InChI=1S/C26H26N4O2/c1-29-8-10-30(11-9-29)22-6-4-18-15-24(28-17-21(18)14-22)25(31)16-20-13-19(5-7-23(20)27)26-3-2-12-32-26/h2-7,12-15,17H,8-11,16,27H2,1H3. The lowest BCUT2D eigenvalue weighted by molar-refractivity contribution is 0.0988. The van der Waals surface area contributed by atoms with Crippen LogP contribution in [0.4, 0.5) is 11.4 Å². The number of rotatable bonds is 5. The number of likely N-dealkylation sites (N-methyl/N-ethyl adjacent to an activating group) is 1. The molecular formula is C26H26N4O2. The second-order valence-corrected chi connectivity index (χ2v) is 8.38. The maximum atomic E-state index is 13.0. The fraction of sp³-hybridized carbons (Fsp3) is 0.231. The van der Waals surface area contributed by atoms with Gasteiger partial charge < -0.3 is 20.0 Å². The van der Waals surface area contributed by atoms with Crippen molar-refractivity contribution in [3.8, 4) is 11.3 Å². The van der Waals surface area contributed by atoms with Crippen LogP contribution in [-0.2, 0) is 6.42 Å². The highest BCUT2D eigenvalue weighted by atomic mass is 16.3. The molecule has 6 nitrogen and oxygen atoms in total. The van der Waals surface area contributed by atoms with E-state index in [1.54, 1.807) is 12.5 Å². The molecule has 0 saturated carbocycles. The molecule has 2 N–H and O–H groups in total. The van der Waals surface area contributed by atoms with Gasteiger partial charge in [-0.15, -0.1) is 0 Å². The predicted molar refractivity (Wildman–Crippen MR) is 128 cm³/mol. The lowest BCUT2D eigenvalue weighted by atomic mass is 10.0. The first-order valence-corrected chi connectivity index (χ1v) is 10.9. The van der Waals surface area contributed by atoms with Crippen LogP contribution in [-0.4, -0.2) is 48.9 Å². The highest BCUT2D eigenvalue weighted by Crippen LogP contribution is 2.26. The van der Waals surface area contributed by atoms with Crippen molar-refractivity contribution < 1.29 is 9.21 Å².